The van der Waals surface area contributed by atoms with Gasteiger partial charge in [-0.3, -0.25) is 4.79 Å². The minimum absolute atomic E-state index is 0.103. The highest BCUT2D eigenvalue weighted by molar-refractivity contribution is 7.09. The van der Waals surface area contributed by atoms with E-state index in [1.807, 2.05) is 17.5 Å². The first kappa shape index (κ1) is 13.5. The van der Waals surface area contributed by atoms with E-state index in [2.05, 4.69) is 10.5 Å². The van der Waals surface area contributed by atoms with Crippen molar-refractivity contribution in [2.75, 3.05) is 0 Å². The fourth-order valence-electron chi connectivity index (χ4n) is 1.83. The molecule has 3 aromatic rings. The van der Waals surface area contributed by atoms with Crippen molar-refractivity contribution >= 4 is 17.2 Å². The second-order valence-electron chi connectivity index (χ2n) is 4.35. The molecule has 0 aliphatic heterocycles. The molecule has 4 nitrogen and oxygen atoms in total. The number of amides is 1. The molecule has 0 atom stereocenters. The standard InChI is InChI=1S/C15H11FN2O2S/c16-11-4-1-3-10(7-11)13-8-14(20-18-13)15(19)17-9-12-5-2-6-21-12/h1-8H,9H2,(H,17,19). The molecule has 6 heteroatoms. The van der Waals surface area contributed by atoms with Gasteiger partial charge in [-0.1, -0.05) is 23.4 Å². The molecular formula is C15H11FN2O2S. The Morgan fingerprint density at radius 3 is 2.95 bits per heavy atom. The lowest BCUT2D eigenvalue weighted by atomic mass is 10.1. The number of hydrogen-bond donors (Lipinski definition) is 1. The minimum Gasteiger partial charge on any atom is -0.350 e. The van der Waals surface area contributed by atoms with E-state index in [0.717, 1.165) is 4.88 Å². The van der Waals surface area contributed by atoms with Gasteiger partial charge in [0.25, 0.3) is 5.91 Å². The lowest BCUT2D eigenvalue weighted by Gasteiger charge is -1.99. The summed E-state index contributed by atoms with van der Waals surface area (Å²) in [7, 11) is 0. The Labute approximate surface area is 124 Å². The predicted octanol–water partition coefficient (Wildman–Crippen LogP) is 3.47. The van der Waals surface area contributed by atoms with Gasteiger partial charge < -0.3 is 9.84 Å². The van der Waals surface area contributed by atoms with Gasteiger partial charge in [-0.15, -0.1) is 11.3 Å². The van der Waals surface area contributed by atoms with E-state index in [-0.39, 0.29) is 17.5 Å². The van der Waals surface area contributed by atoms with Crippen LogP contribution in [-0.4, -0.2) is 11.1 Å². The number of carbonyl (C=O) groups excluding carboxylic acids is 1. The average Bonchev–Trinajstić information content (AvgIpc) is 3.16. The molecule has 0 aliphatic rings. The van der Waals surface area contributed by atoms with Crippen LogP contribution in [0.25, 0.3) is 11.3 Å². The fraction of sp³-hybridized carbons (Fsp3) is 0.0667. The minimum atomic E-state index is -0.362. The summed E-state index contributed by atoms with van der Waals surface area (Å²) in [6.07, 6.45) is 0. The largest absolute Gasteiger partial charge is 0.350 e. The Morgan fingerprint density at radius 2 is 2.19 bits per heavy atom. The van der Waals surface area contributed by atoms with Crippen molar-refractivity contribution in [3.8, 4) is 11.3 Å². The summed E-state index contributed by atoms with van der Waals surface area (Å²) in [5.41, 5.74) is 0.992. The summed E-state index contributed by atoms with van der Waals surface area (Å²) < 4.78 is 18.2. The van der Waals surface area contributed by atoms with Gasteiger partial charge in [0.15, 0.2) is 0 Å². The van der Waals surface area contributed by atoms with Gasteiger partial charge in [-0.05, 0) is 23.6 Å². The molecule has 2 heterocycles. The third kappa shape index (κ3) is 3.17. The van der Waals surface area contributed by atoms with Crippen LogP contribution in [0.15, 0.2) is 52.4 Å². The zero-order chi connectivity index (χ0) is 14.7. The van der Waals surface area contributed by atoms with Crippen LogP contribution in [0.5, 0.6) is 0 Å². The normalized spacial score (nSPS) is 10.5. The number of nitrogens with zero attached hydrogens (tertiary/aromatic N) is 1. The molecule has 1 aromatic carbocycles. The monoisotopic (exact) mass is 302 g/mol. The topological polar surface area (TPSA) is 55.1 Å². The lowest BCUT2D eigenvalue weighted by Crippen LogP contribution is -2.21. The maximum absolute atomic E-state index is 13.2. The van der Waals surface area contributed by atoms with Crippen LogP contribution in [0, 0.1) is 5.82 Å². The molecule has 1 N–H and O–H groups in total. The van der Waals surface area contributed by atoms with Gasteiger partial charge in [-0.25, -0.2) is 4.39 Å². The first-order valence-electron chi connectivity index (χ1n) is 6.25. The van der Waals surface area contributed by atoms with Crippen LogP contribution in [0.2, 0.25) is 0 Å². The smallest absolute Gasteiger partial charge is 0.290 e. The molecule has 2 aromatic heterocycles. The number of carbonyl (C=O) groups is 1. The van der Waals surface area contributed by atoms with Crippen molar-refractivity contribution in [1.29, 1.82) is 0 Å². The van der Waals surface area contributed by atoms with E-state index >= 15 is 0 Å². The van der Waals surface area contributed by atoms with Crippen molar-refractivity contribution in [2.45, 2.75) is 6.54 Å². The number of halogens is 1. The van der Waals surface area contributed by atoms with Crippen molar-refractivity contribution < 1.29 is 13.7 Å². The predicted molar refractivity (Wildman–Crippen MR) is 77.4 cm³/mol. The van der Waals surface area contributed by atoms with Gasteiger partial charge in [0.2, 0.25) is 5.76 Å². The van der Waals surface area contributed by atoms with Crippen LogP contribution < -0.4 is 5.32 Å². The maximum atomic E-state index is 13.2. The molecule has 106 valence electrons. The van der Waals surface area contributed by atoms with Crippen molar-refractivity contribution in [1.82, 2.24) is 10.5 Å². The molecule has 1 amide bonds. The summed E-state index contributed by atoms with van der Waals surface area (Å²) in [4.78, 5) is 13.0. The second-order valence-corrected chi connectivity index (χ2v) is 5.38. The number of nitrogens with one attached hydrogen (secondary N) is 1. The van der Waals surface area contributed by atoms with E-state index in [1.54, 1.807) is 23.5 Å². The molecule has 0 radical (unpaired) electrons. The van der Waals surface area contributed by atoms with Gasteiger partial charge in [0.1, 0.15) is 11.5 Å². The third-order valence-corrected chi connectivity index (χ3v) is 3.73. The number of benzene rings is 1. The summed E-state index contributed by atoms with van der Waals surface area (Å²) in [5.74, 6) is -0.608. The molecule has 0 saturated carbocycles. The molecule has 0 aliphatic carbocycles. The summed E-state index contributed by atoms with van der Waals surface area (Å²) >= 11 is 1.56. The van der Waals surface area contributed by atoms with Crippen LogP contribution in [0.3, 0.4) is 0 Å². The molecule has 0 saturated heterocycles. The van der Waals surface area contributed by atoms with E-state index < -0.39 is 0 Å². The highest BCUT2D eigenvalue weighted by atomic mass is 32.1. The second kappa shape index (κ2) is 5.88. The molecule has 0 unspecified atom stereocenters. The summed E-state index contributed by atoms with van der Waals surface area (Å²) in [5, 5.41) is 8.48. The molecular weight excluding hydrogens is 291 g/mol. The number of rotatable bonds is 4. The van der Waals surface area contributed by atoms with Crippen LogP contribution in [-0.2, 0) is 6.54 Å². The van der Waals surface area contributed by atoms with Gasteiger partial charge in [-0.2, -0.15) is 0 Å². The highest BCUT2D eigenvalue weighted by Crippen LogP contribution is 2.20. The molecule has 0 bridgehead atoms. The molecule has 3 rings (SSSR count). The van der Waals surface area contributed by atoms with Gasteiger partial charge in [0, 0.05) is 16.5 Å². The maximum Gasteiger partial charge on any atom is 0.290 e. The van der Waals surface area contributed by atoms with Crippen LogP contribution >= 0.6 is 11.3 Å². The Balaban J connectivity index is 1.71. The van der Waals surface area contributed by atoms with Gasteiger partial charge >= 0.3 is 0 Å². The number of hydrogen-bond acceptors (Lipinski definition) is 4. The van der Waals surface area contributed by atoms with Crippen LogP contribution in [0.4, 0.5) is 4.39 Å². The highest BCUT2D eigenvalue weighted by Gasteiger charge is 2.14. The van der Waals surface area contributed by atoms with Crippen molar-refractivity contribution in [2.24, 2.45) is 0 Å². The molecule has 0 spiro atoms. The Kier molecular flexibility index (Phi) is 3.79. The SMILES string of the molecule is O=C(NCc1cccs1)c1cc(-c2cccc(F)c2)no1. The van der Waals surface area contributed by atoms with E-state index in [4.69, 9.17) is 4.52 Å². The van der Waals surface area contributed by atoms with E-state index in [0.29, 0.717) is 17.8 Å². The summed E-state index contributed by atoms with van der Waals surface area (Å²) in [6, 6.07) is 11.3. The molecule has 21 heavy (non-hydrogen) atoms. The first-order valence-corrected chi connectivity index (χ1v) is 7.13. The average molecular weight is 302 g/mol. The van der Waals surface area contributed by atoms with E-state index in [9.17, 15) is 9.18 Å². The van der Waals surface area contributed by atoms with Crippen LogP contribution in [0.1, 0.15) is 15.4 Å². The Morgan fingerprint density at radius 1 is 1.29 bits per heavy atom. The number of thiophene rings is 1. The zero-order valence-corrected chi connectivity index (χ0v) is 11.7. The Hall–Kier alpha value is -2.47. The quantitative estimate of drug-likeness (QED) is 0.803. The first-order chi connectivity index (χ1) is 10.2. The summed E-state index contributed by atoms with van der Waals surface area (Å²) in [6.45, 7) is 0.437. The zero-order valence-electron chi connectivity index (χ0n) is 10.9. The fourth-order valence-corrected chi connectivity index (χ4v) is 2.48. The Bertz CT molecular complexity index is 753. The van der Waals surface area contributed by atoms with Gasteiger partial charge in [0.05, 0.1) is 6.54 Å². The van der Waals surface area contributed by atoms with E-state index in [1.165, 1.54) is 18.2 Å². The lowest BCUT2D eigenvalue weighted by molar-refractivity contribution is 0.0914. The number of aromatic nitrogens is 1. The third-order valence-electron chi connectivity index (χ3n) is 2.86. The molecule has 0 fully saturated rings. The van der Waals surface area contributed by atoms with Crippen molar-refractivity contribution in [3.63, 3.8) is 0 Å². The van der Waals surface area contributed by atoms with Crippen molar-refractivity contribution in [3.05, 3.63) is 64.3 Å².